The van der Waals surface area contributed by atoms with E-state index in [1.807, 2.05) is 0 Å². The lowest BCUT2D eigenvalue weighted by atomic mass is 10.1. The molecule has 1 spiro atoms. The molecule has 0 heteroatoms. The summed E-state index contributed by atoms with van der Waals surface area (Å²) in [5.74, 6) is 1.18. The average molecular weight is 166 g/mol. The third-order valence-corrected chi connectivity index (χ3v) is 3.91. The highest BCUT2D eigenvalue weighted by molar-refractivity contribution is 5.11. The van der Waals surface area contributed by atoms with Crippen LogP contribution in [0.5, 0.6) is 0 Å². The van der Waals surface area contributed by atoms with Gasteiger partial charge in [0.1, 0.15) is 0 Å². The van der Waals surface area contributed by atoms with E-state index in [4.69, 9.17) is 0 Å². The largest absolute Gasteiger partial charge is 0.0654 e. The molecule has 0 aromatic rings. The summed E-state index contributed by atoms with van der Waals surface area (Å²) < 4.78 is 0. The maximum atomic E-state index is 2.29. The fourth-order valence-electron chi connectivity index (χ4n) is 2.61. The monoisotopic (exact) mass is 166 g/mol. The van der Waals surface area contributed by atoms with E-state index in [-0.39, 0.29) is 0 Å². The molecule has 70 valence electrons. The maximum Gasteiger partial charge on any atom is -0.0266 e. The molecule has 0 bridgehead atoms. The van der Waals surface area contributed by atoms with Gasteiger partial charge in [-0.3, -0.25) is 0 Å². The van der Waals surface area contributed by atoms with Crippen molar-refractivity contribution < 1.29 is 0 Å². The Morgan fingerprint density at radius 2 is 1.83 bits per heavy atom. The van der Waals surface area contributed by atoms with Crippen molar-refractivity contribution in [1.82, 2.24) is 0 Å². The molecule has 2 fully saturated rings. The molecule has 0 radical (unpaired) electrons. The molecule has 1 atom stereocenters. The van der Waals surface area contributed by atoms with Crippen LogP contribution in [0, 0.1) is 11.3 Å². The smallest absolute Gasteiger partial charge is 0.0266 e. The van der Waals surface area contributed by atoms with E-state index in [1.165, 1.54) is 38.0 Å². The van der Waals surface area contributed by atoms with Crippen molar-refractivity contribution in [3.63, 3.8) is 0 Å². The Morgan fingerprint density at radius 3 is 2.42 bits per heavy atom. The summed E-state index contributed by atoms with van der Waals surface area (Å²) in [7, 11) is 0. The molecule has 0 nitrogen and oxygen atoms in total. The van der Waals surface area contributed by atoms with Crippen molar-refractivity contribution >= 4 is 0 Å². The Morgan fingerprint density at radius 1 is 1.08 bits per heavy atom. The minimum atomic E-state index is 0.963. The lowest BCUT2D eigenvalue weighted by molar-refractivity contribution is 0.554. The average Bonchev–Trinajstić information content (AvgIpc) is 2.95. The Kier molecular flexibility index (Phi) is 2.43. The zero-order valence-electron chi connectivity index (χ0n) is 8.44. The number of unbranched alkanes of at least 4 members (excludes halogenated alkanes) is 4. The first-order valence-corrected chi connectivity index (χ1v) is 5.87. The van der Waals surface area contributed by atoms with E-state index < -0.39 is 0 Å². The van der Waals surface area contributed by atoms with Gasteiger partial charge < -0.3 is 0 Å². The molecule has 1 unspecified atom stereocenters. The van der Waals surface area contributed by atoms with Gasteiger partial charge in [0.05, 0.1) is 0 Å². The predicted octanol–water partition coefficient (Wildman–Crippen LogP) is 4.15. The molecule has 2 rings (SSSR count). The first-order chi connectivity index (χ1) is 5.87. The number of hydrogen-bond donors (Lipinski definition) is 0. The molecule has 2 aliphatic rings. The number of rotatable bonds is 6. The molecule has 0 aromatic heterocycles. The van der Waals surface area contributed by atoms with Crippen molar-refractivity contribution in [2.24, 2.45) is 11.3 Å². The summed E-state index contributed by atoms with van der Waals surface area (Å²) in [4.78, 5) is 0. The SMILES string of the molecule is CCCCCCCC1CC12CC2. The summed E-state index contributed by atoms with van der Waals surface area (Å²) in [6.07, 6.45) is 13.6. The van der Waals surface area contributed by atoms with E-state index in [9.17, 15) is 0 Å². The van der Waals surface area contributed by atoms with Crippen LogP contribution in [0.1, 0.15) is 64.7 Å². The van der Waals surface area contributed by atoms with E-state index in [0.29, 0.717) is 0 Å². The van der Waals surface area contributed by atoms with E-state index in [1.54, 1.807) is 25.7 Å². The third-order valence-electron chi connectivity index (χ3n) is 3.91. The van der Waals surface area contributed by atoms with Gasteiger partial charge >= 0.3 is 0 Å². The predicted molar refractivity (Wildman–Crippen MR) is 53.2 cm³/mol. The highest BCUT2D eigenvalue weighted by Gasteiger charge is 2.61. The van der Waals surface area contributed by atoms with Crippen molar-refractivity contribution in [1.29, 1.82) is 0 Å². The van der Waals surface area contributed by atoms with Crippen LogP contribution in [0.3, 0.4) is 0 Å². The van der Waals surface area contributed by atoms with Gasteiger partial charge in [0.15, 0.2) is 0 Å². The van der Waals surface area contributed by atoms with Gasteiger partial charge in [0.25, 0.3) is 0 Å². The number of hydrogen-bond acceptors (Lipinski definition) is 0. The molecule has 0 amide bonds. The normalized spacial score (nSPS) is 29.2. The standard InChI is InChI=1S/C12H22/c1-2-3-4-5-6-7-11-10-12(11)8-9-12/h11H,2-10H2,1H3. The van der Waals surface area contributed by atoms with E-state index >= 15 is 0 Å². The van der Waals surface area contributed by atoms with Crippen LogP contribution < -0.4 is 0 Å². The van der Waals surface area contributed by atoms with Gasteiger partial charge in [-0.1, -0.05) is 39.0 Å². The maximum absolute atomic E-state index is 2.29. The molecule has 0 aromatic carbocycles. The van der Waals surface area contributed by atoms with E-state index in [2.05, 4.69) is 6.92 Å². The fraction of sp³-hybridized carbons (Fsp3) is 1.00. The van der Waals surface area contributed by atoms with Crippen molar-refractivity contribution in [3.05, 3.63) is 0 Å². The van der Waals surface area contributed by atoms with Crippen LogP contribution in [-0.4, -0.2) is 0 Å². The molecule has 0 heterocycles. The Bertz CT molecular complexity index is 144. The zero-order valence-corrected chi connectivity index (χ0v) is 8.44. The Labute approximate surface area is 76.7 Å². The van der Waals surface area contributed by atoms with Crippen molar-refractivity contribution in [2.75, 3.05) is 0 Å². The summed E-state index contributed by atoms with van der Waals surface area (Å²) >= 11 is 0. The minimum Gasteiger partial charge on any atom is -0.0654 e. The summed E-state index contributed by atoms with van der Waals surface area (Å²) in [5.41, 5.74) is 0.963. The lowest BCUT2D eigenvalue weighted by Crippen LogP contribution is -1.83. The molecule has 0 saturated heterocycles. The summed E-state index contributed by atoms with van der Waals surface area (Å²) in [6, 6.07) is 0. The highest BCUT2D eigenvalue weighted by Crippen LogP contribution is 2.71. The van der Waals surface area contributed by atoms with Crippen LogP contribution in [0.25, 0.3) is 0 Å². The fourth-order valence-corrected chi connectivity index (χ4v) is 2.61. The topological polar surface area (TPSA) is 0 Å². The summed E-state index contributed by atoms with van der Waals surface area (Å²) in [5, 5.41) is 0. The molecule has 12 heavy (non-hydrogen) atoms. The van der Waals surface area contributed by atoms with Crippen LogP contribution in [0.2, 0.25) is 0 Å². The van der Waals surface area contributed by atoms with Gasteiger partial charge in [0.2, 0.25) is 0 Å². The van der Waals surface area contributed by atoms with Gasteiger partial charge in [-0.05, 0) is 37.0 Å². The Balaban J connectivity index is 1.43. The van der Waals surface area contributed by atoms with Gasteiger partial charge in [0, 0.05) is 0 Å². The van der Waals surface area contributed by atoms with Crippen LogP contribution >= 0.6 is 0 Å². The second kappa shape index (κ2) is 3.40. The zero-order chi connectivity index (χ0) is 8.44. The Hall–Kier alpha value is 0. The van der Waals surface area contributed by atoms with Crippen molar-refractivity contribution in [2.45, 2.75) is 64.7 Å². The molecular weight excluding hydrogens is 144 g/mol. The second-order valence-electron chi connectivity index (χ2n) is 4.97. The van der Waals surface area contributed by atoms with Crippen LogP contribution in [-0.2, 0) is 0 Å². The van der Waals surface area contributed by atoms with Gasteiger partial charge in [-0.2, -0.15) is 0 Å². The minimum absolute atomic E-state index is 0.963. The van der Waals surface area contributed by atoms with Crippen LogP contribution in [0.4, 0.5) is 0 Å². The molecule has 2 aliphatic carbocycles. The molecule has 0 N–H and O–H groups in total. The highest BCUT2D eigenvalue weighted by atomic mass is 14.7. The summed E-state index contributed by atoms with van der Waals surface area (Å²) in [6.45, 7) is 2.29. The molecule has 2 saturated carbocycles. The first-order valence-electron chi connectivity index (χ1n) is 5.87. The van der Waals surface area contributed by atoms with Crippen molar-refractivity contribution in [3.8, 4) is 0 Å². The molecular formula is C12H22. The van der Waals surface area contributed by atoms with E-state index in [0.717, 1.165) is 5.41 Å². The van der Waals surface area contributed by atoms with Gasteiger partial charge in [-0.15, -0.1) is 0 Å². The third kappa shape index (κ3) is 1.84. The second-order valence-corrected chi connectivity index (χ2v) is 4.97. The first kappa shape index (κ1) is 8.59. The van der Waals surface area contributed by atoms with Crippen LogP contribution in [0.15, 0.2) is 0 Å². The molecule has 0 aliphatic heterocycles. The lowest BCUT2D eigenvalue weighted by Gasteiger charge is -1.98. The quantitative estimate of drug-likeness (QED) is 0.520. The van der Waals surface area contributed by atoms with Gasteiger partial charge in [-0.25, -0.2) is 0 Å².